The van der Waals surface area contributed by atoms with Crippen LogP contribution in [0.4, 0.5) is 4.39 Å². The van der Waals surface area contributed by atoms with Crippen LogP contribution in [0.1, 0.15) is 31.5 Å². The highest BCUT2D eigenvalue weighted by atomic mass is 19.1. The van der Waals surface area contributed by atoms with Crippen LogP contribution >= 0.6 is 0 Å². The number of halogens is 1. The van der Waals surface area contributed by atoms with Gasteiger partial charge in [0.1, 0.15) is 5.82 Å². The van der Waals surface area contributed by atoms with E-state index >= 15 is 0 Å². The average Bonchev–Trinajstić information content (AvgIpc) is 2.51. The molecule has 0 unspecified atom stereocenters. The van der Waals surface area contributed by atoms with E-state index in [1.54, 1.807) is 6.07 Å². The number of hydrogen-bond donors (Lipinski definition) is 1. The van der Waals surface area contributed by atoms with E-state index in [1.165, 1.54) is 17.3 Å². The molecule has 86 valence electrons. The normalized spacial score (nSPS) is 11.6. The molecule has 2 aromatic rings. The molecule has 0 aliphatic rings. The largest absolute Gasteiger partial charge is 0.358 e. The van der Waals surface area contributed by atoms with Gasteiger partial charge in [-0.15, -0.1) is 0 Å². The zero-order chi connectivity index (χ0) is 11.7. The number of benzene rings is 1. The SMILES string of the molecule is Cc1[nH]c2ccc(F)cc2c1CCC(C)C. The molecule has 16 heavy (non-hydrogen) atoms. The van der Waals surface area contributed by atoms with Crippen molar-refractivity contribution in [1.29, 1.82) is 0 Å². The first-order valence-electron chi connectivity index (χ1n) is 5.84. The molecule has 0 fully saturated rings. The second-order valence-corrected chi connectivity index (χ2v) is 4.85. The maximum atomic E-state index is 13.2. The quantitative estimate of drug-likeness (QED) is 0.796. The Morgan fingerprint density at radius 2 is 2.06 bits per heavy atom. The smallest absolute Gasteiger partial charge is 0.123 e. The lowest BCUT2D eigenvalue weighted by atomic mass is 10.0. The number of hydrogen-bond acceptors (Lipinski definition) is 0. The molecule has 2 heteroatoms. The molecular weight excluding hydrogens is 201 g/mol. The lowest BCUT2D eigenvalue weighted by Gasteiger charge is -2.04. The van der Waals surface area contributed by atoms with Crippen LogP contribution in [-0.4, -0.2) is 4.98 Å². The summed E-state index contributed by atoms with van der Waals surface area (Å²) in [5.74, 6) is 0.523. The Morgan fingerprint density at radius 1 is 1.31 bits per heavy atom. The highest BCUT2D eigenvalue weighted by molar-refractivity contribution is 5.84. The number of aromatic amines is 1. The average molecular weight is 219 g/mol. The van der Waals surface area contributed by atoms with Gasteiger partial charge < -0.3 is 4.98 Å². The van der Waals surface area contributed by atoms with E-state index in [1.807, 2.05) is 6.07 Å². The van der Waals surface area contributed by atoms with Gasteiger partial charge in [0.15, 0.2) is 0 Å². The molecular formula is C14H18FN. The molecule has 0 spiro atoms. The van der Waals surface area contributed by atoms with Crippen molar-refractivity contribution in [3.63, 3.8) is 0 Å². The minimum Gasteiger partial charge on any atom is -0.358 e. The molecule has 0 aliphatic heterocycles. The fourth-order valence-electron chi connectivity index (χ4n) is 2.11. The standard InChI is InChI=1S/C14H18FN/c1-9(2)4-6-12-10(3)16-14-7-5-11(15)8-13(12)14/h5,7-9,16H,4,6H2,1-3H3. The summed E-state index contributed by atoms with van der Waals surface area (Å²) < 4.78 is 13.2. The molecule has 1 heterocycles. The van der Waals surface area contributed by atoms with E-state index in [9.17, 15) is 4.39 Å². The third-order valence-electron chi connectivity index (χ3n) is 3.05. The van der Waals surface area contributed by atoms with Crippen molar-refractivity contribution >= 4 is 10.9 Å². The van der Waals surface area contributed by atoms with E-state index in [4.69, 9.17) is 0 Å². The molecule has 1 aromatic heterocycles. The summed E-state index contributed by atoms with van der Waals surface area (Å²) in [5, 5.41) is 1.04. The van der Waals surface area contributed by atoms with Crippen molar-refractivity contribution in [2.45, 2.75) is 33.6 Å². The molecule has 0 aliphatic carbocycles. The van der Waals surface area contributed by atoms with Crippen LogP contribution in [0.25, 0.3) is 10.9 Å². The molecule has 1 nitrogen and oxygen atoms in total. The third-order valence-corrected chi connectivity index (χ3v) is 3.05. The Kier molecular flexibility index (Phi) is 2.99. The molecule has 1 aromatic carbocycles. The summed E-state index contributed by atoms with van der Waals surface area (Å²) in [6, 6.07) is 4.95. The molecule has 0 radical (unpaired) electrons. The second-order valence-electron chi connectivity index (χ2n) is 4.85. The van der Waals surface area contributed by atoms with Gasteiger partial charge in [-0.2, -0.15) is 0 Å². The van der Waals surface area contributed by atoms with Gasteiger partial charge >= 0.3 is 0 Å². The van der Waals surface area contributed by atoms with Gasteiger partial charge in [0, 0.05) is 16.6 Å². The zero-order valence-electron chi connectivity index (χ0n) is 10.1. The monoisotopic (exact) mass is 219 g/mol. The first-order chi connectivity index (χ1) is 7.58. The van der Waals surface area contributed by atoms with Crippen LogP contribution in [-0.2, 0) is 6.42 Å². The predicted molar refractivity (Wildman–Crippen MR) is 66.2 cm³/mol. The van der Waals surface area contributed by atoms with Crippen molar-refractivity contribution in [3.05, 3.63) is 35.3 Å². The molecule has 0 saturated carbocycles. The first-order valence-corrected chi connectivity index (χ1v) is 5.84. The molecule has 0 saturated heterocycles. The van der Waals surface area contributed by atoms with E-state index in [-0.39, 0.29) is 5.82 Å². The lowest BCUT2D eigenvalue weighted by Crippen LogP contribution is -1.93. The zero-order valence-corrected chi connectivity index (χ0v) is 10.1. The van der Waals surface area contributed by atoms with Gasteiger partial charge in [-0.05, 0) is 49.4 Å². The lowest BCUT2D eigenvalue weighted by molar-refractivity contribution is 0.587. The molecule has 1 N–H and O–H groups in total. The summed E-state index contributed by atoms with van der Waals surface area (Å²) >= 11 is 0. The highest BCUT2D eigenvalue weighted by Crippen LogP contribution is 2.25. The number of rotatable bonds is 3. The Morgan fingerprint density at radius 3 is 2.75 bits per heavy atom. The van der Waals surface area contributed by atoms with E-state index in [0.717, 1.165) is 23.7 Å². The van der Waals surface area contributed by atoms with Crippen LogP contribution in [0.2, 0.25) is 0 Å². The van der Waals surface area contributed by atoms with Gasteiger partial charge in [-0.1, -0.05) is 13.8 Å². The number of H-pyrrole nitrogens is 1. The molecule has 0 atom stereocenters. The van der Waals surface area contributed by atoms with Crippen LogP contribution in [0, 0.1) is 18.7 Å². The predicted octanol–water partition coefficient (Wildman–Crippen LogP) is 4.20. The summed E-state index contributed by atoms with van der Waals surface area (Å²) in [6.45, 7) is 6.49. The maximum absolute atomic E-state index is 13.2. The van der Waals surface area contributed by atoms with E-state index in [2.05, 4.69) is 25.8 Å². The summed E-state index contributed by atoms with van der Waals surface area (Å²) in [7, 11) is 0. The molecule has 2 rings (SSSR count). The molecule has 0 amide bonds. The maximum Gasteiger partial charge on any atom is 0.123 e. The summed E-state index contributed by atoms with van der Waals surface area (Å²) in [4.78, 5) is 3.31. The third kappa shape index (κ3) is 2.11. The van der Waals surface area contributed by atoms with Gasteiger partial charge in [-0.25, -0.2) is 4.39 Å². The van der Waals surface area contributed by atoms with Gasteiger partial charge in [0.05, 0.1) is 0 Å². The minimum absolute atomic E-state index is 0.155. The second kappa shape index (κ2) is 4.28. The van der Waals surface area contributed by atoms with Crippen molar-refractivity contribution in [1.82, 2.24) is 4.98 Å². The van der Waals surface area contributed by atoms with Crippen LogP contribution in [0.15, 0.2) is 18.2 Å². The highest BCUT2D eigenvalue weighted by Gasteiger charge is 2.09. The molecule has 0 bridgehead atoms. The minimum atomic E-state index is -0.155. The van der Waals surface area contributed by atoms with E-state index < -0.39 is 0 Å². The Balaban J connectivity index is 2.42. The van der Waals surface area contributed by atoms with Crippen molar-refractivity contribution in [2.75, 3.05) is 0 Å². The first kappa shape index (κ1) is 11.2. The van der Waals surface area contributed by atoms with Crippen molar-refractivity contribution in [3.8, 4) is 0 Å². The van der Waals surface area contributed by atoms with Crippen molar-refractivity contribution in [2.24, 2.45) is 5.92 Å². The number of aryl methyl sites for hydroxylation is 2. The van der Waals surface area contributed by atoms with Crippen LogP contribution in [0.5, 0.6) is 0 Å². The summed E-state index contributed by atoms with van der Waals surface area (Å²) in [5.41, 5.74) is 3.47. The fraction of sp³-hybridized carbons (Fsp3) is 0.429. The number of aromatic nitrogens is 1. The van der Waals surface area contributed by atoms with Gasteiger partial charge in [0.2, 0.25) is 0 Å². The summed E-state index contributed by atoms with van der Waals surface area (Å²) in [6.07, 6.45) is 2.16. The van der Waals surface area contributed by atoms with Gasteiger partial charge in [0.25, 0.3) is 0 Å². The van der Waals surface area contributed by atoms with Crippen LogP contribution < -0.4 is 0 Å². The Hall–Kier alpha value is -1.31. The van der Waals surface area contributed by atoms with E-state index in [0.29, 0.717) is 5.92 Å². The fourth-order valence-corrected chi connectivity index (χ4v) is 2.11. The Bertz CT molecular complexity index is 497. The van der Waals surface area contributed by atoms with Crippen molar-refractivity contribution < 1.29 is 4.39 Å². The Labute approximate surface area is 95.7 Å². The topological polar surface area (TPSA) is 15.8 Å². The number of nitrogens with one attached hydrogen (secondary N) is 1. The number of fused-ring (bicyclic) bond motifs is 1. The van der Waals surface area contributed by atoms with Gasteiger partial charge in [-0.3, -0.25) is 0 Å². The van der Waals surface area contributed by atoms with Crippen LogP contribution in [0.3, 0.4) is 0 Å².